The van der Waals surface area contributed by atoms with Crippen LogP contribution in [0.4, 0.5) is 0 Å². The number of nitrogens with zero attached hydrogens (tertiary/aromatic N) is 2. The first kappa shape index (κ1) is 35.1. The molecule has 2 aliphatic heterocycles. The average Bonchev–Trinajstić information content (AvgIpc) is 3.72. The third-order valence-corrected chi connectivity index (χ3v) is 9.56. The number of fused-ring (bicyclic) bond motifs is 17. The minimum absolute atomic E-state index is 0.0726. The van der Waals surface area contributed by atoms with Gasteiger partial charge in [-0.1, -0.05) is 12.1 Å². The molecule has 11 nitrogen and oxygen atoms in total. The molecule has 46 heavy (non-hydrogen) atoms. The van der Waals surface area contributed by atoms with Crippen molar-refractivity contribution < 1.29 is 33.4 Å². The fourth-order valence-corrected chi connectivity index (χ4v) is 6.81. The Labute approximate surface area is 277 Å². The van der Waals surface area contributed by atoms with Gasteiger partial charge in [-0.05, 0) is 69.4 Å². The molecule has 0 spiro atoms. The number of ether oxygens (including phenoxy) is 3. The first-order valence-corrected chi connectivity index (χ1v) is 17.2. The van der Waals surface area contributed by atoms with E-state index in [1.54, 1.807) is 48.5 Å². The Bertz CT molecular complexity index is 1470. The summed E-state index contributed by atoms with van der Waals surface area (Å²) in [6.45, 7) is 5.24. The van der Waals surface area contributed by atoms with Crippen molar-refractivity contribution in [2.24, 2.45) is 5.41 Å². The number of rotatable bonds is 7. The molecule has 3 amide bonds. The number of benzene rings is 1. The summed E-state index contributed by atoms with van der Waals surface area (Å²) in [5.74, 6) is -0.521. The lowest BCUT2D eigenvalue weighted by molar-refractivity contribution is -0.156. The lowest BCUT2D eigenvalue weighted by atomic mass is 9.78. The van der Waals surface area contributed by atoms with E-state index in [9.17, 15) is 19.2 Å². The van der Waals surface area contributed by atoms with Crippen LogP contribution in [0.15, 0.2) is 41.8 Å². The summed E-state index contributed by atoms with van der Waals surface area (Å²) in [5.41, 5.74) is 0.638. The van der Waals surface area contributed by atoms with Crippen LogP contribution in [0.5, 0.6) is 5.75 Å². The Morgan fingerprint density at radius 3 is 2.57 bits per heavy atom. The number of hydrogen-bond acceptors (Lipinski definition) is 10. The quantitative estimate of drug-likeness (QED) is 0.357. The predicted octanol–water partition coefficient (Wildman–Crippen LogP) is 4.25. The van der Waals surface area contributed by atoms with Crippen LogP contribution in [0.2, 0.25) is 0 Å². The molecule has 1 atom stereocenters. The zero-order valence-corrected chi connectivity index (χ0v) is 28.2. The van der Waals surface area contributed by atoms with E-state index in [0.29, 0.717) is 62.6 Å². The summed E-state index contributed by atoms with van der Waals surface area (Å²) in [4.78, 5) is 60.3. The number of nitrogens with one attached hydrogen (secondary N) is 2. The van der Waals surface area contributed by atoms with Crippen molar-refractivity contribution in [3.63, 3.8) is 0 Å². The number of thiazole rings is 1. The number of esters is 1. The van der Waals surface area contributed by atoms with Crippen LogP contribution in [-0.4, -0.2) is 86.7 Å². The maximum absolute atomic E-state index is 13.6. The highest BCUT2D eigenvalue weighted by Crippen LogP contribution is 2.31. The normalized spacial score (nSPS) is 18.7. The number of methoxy groups -OCH3 is 1. The maximum atomic E-state index is 13.6. The molecular formula is C33H42N4O7S2. The fraction of sp³-hybridized carbons (Fsp3) is 0.485. The highest BCUT2D eigenvalue weighted by molar-refractivity contribution is 7.17. The number of aromatic nitrogens is 1. The van der Waals surface area contributed by atoms with E-state index < -0.39 is 11.4 Å². The van der Waals surface area contributed by atoms with Crippen LogP contribution in [-0.2, 0) is 30.3 Å². The van der Waals surface area contributed by atoms with E-state index >= 15 is 0 Å². The molecule has 0 aliphatic carbocycles. The van der Waals surface area contributed by atoms with Gasteiger partial charge in [0.25, 0.3) is 11.8 Å². The first-order chi connectivity index (χ1) is 22.2. The molecule has 13 heteroatoms. The molecule has 4 heterocycles. The molecule has 0 saturated heterocycles. The van der Waals surface area contributed by atoms with Crippen LogP contribution in [0.3, 0.4) is 0 Å². The van der Waals surface area contributed by atoms with E-state index in [1.165, 1.54) is 11.3 Å². The van der Waals surface area contributed by atoms with Gasteiger partial charge in [0.15, 0.2) is 6.61 Å². The summed E-state index contributed by atoms with van der Waals surface area (Å²) < 4.78 is 16.5. The minimum atomic E-state index is -1.06. The number of amides is 3. The summed E-state index contributed by atoms with van der Waals surface area (Å²) in [6, 6.07) is 10.9. The average molecular weight is 671 g/mol. The third kappa shape index (κ3) is 9.84. The topological polar surface area (TPSA) is 136 Å². The molecule has 1 aromatic carbocycles. The third-order valence-electron chi connectivity index (χ3n) is 7.69. The molecule has 2 aliphatic rings. The van der Waals surface area contributed by atoms with Crippen molar-refractivity contribution in [2.75, 3.05) is 53.1 Å². The van der Waals surface area contributed by atoms with Crippen LogP contribution in [0.1, 0.15) is 52.8 Å². The predicted molar refractivity (Wildman–Crippen MR) is 177 cm³/mol. The summed E-state index contributed by atoms with van der Waals surface area (Å²) in [6.07, 6.45) is 1.77. The van der Waals surface area contributed by atoms with Gasteiger partial charge >= 0.3 is 5.97 Å². The Morgan fingerprint density at radius 2 is 1.85 bits per heavy atom. The second-order valence-corrected chi connectivity index (χ2v) is 13.3. The Kier molecular flexibility index (Phi) is 13.1. The smallest absolute Gasteiger partial charge is 0.314 e. The van der Waals surface area contributed by atoms with E-state index in [1.807, 2.05) is 30.5 Å². The second kappa shape index (κ2) is 17.2. The van der Waals surface area contributed by atoms with Crippen LogP contribution in [0.25, 0.3) is 10.6 Å². The maximum Gasteiger partial charge on any atom is 0.314 e. The van der Waals surface area contributed by atoms with Crippen LogP contribution >= 0.6 is 22.7 Å². The minimum Gasteiger partial charge on any atom is -0.484 e. The van der Waals surface area contributed by atoms with Gasteiger partial charge in [-0.2, -0.15) is 0 Å². The van der Waals surface area contributed by atoms with Crippen molar-refractivity contribution in [1.29, 1.82) is 0 Å². The number of aryl methyl sites for hydroxylation is 1. The standard InChI is InChI=1S/C33H42N4O7S2/c1-4-43-32(41)33(14-18-42-3)19-24-8-10-25(11-9-24)44-20-30(39)34-15-6-17-37(16-5-7-29(38)35-22-33)31(40)28-13-12-27(46-28)26-21-45-23(2)36-26/h8-13,21H,4-7,14-20,22H2,1-3H3,(H,34,39)(H,35,38). The number of hydrogen-bond donors (Lipinski definition) is 2. The second-order valence-electron chi connectivity index (χ2n) is 11.1. The van der Waals surface area contributed by atoms with Crippen LogP contribution < -0.4 is 15.4 Å². The highest BCUT2D eigenvalue weighted by Gasteiger charge is 2.40. The molecule has 2 N–H and O–H groups in total. The van der Waals surface area contributed by atoms with Crippen molar-refractivity contribution in [3.05, 3.63) is 57.2 Å². The molecule has 0 fully saturated rings. The van der Waals surface area contributed by atoms with Crippen molar-refractivity contribution in [2.45, 2.75) is 46.0 Å². The van der Waals surface area contributed by atoms with E-state index in [-0.39, 0.29) is 43.9 Å². The zero-order valence-electron chi connectivity index (χ0n) is 26.6. The lowest BCUT2D eigenvalue weighted by Crippen LogP contribution is -2.46. The monoisotopic (exact) mass is 670 g/mol. The van der Waals surface area contributed by atoms with Gasteiger partial charge in [0.05, 0.1) is 32.5 Å². The van der Waals surface area contributed by atoms with Crippen molar-refractivity contribution >= 4 is 46.4 Å². The lowest BCUT2D eigenvalue weighted by Gasteiger charge is -2.32. The Morgan fingerprint density at radius 1 is 1.07 bits per heavy atom. The van der Waals surface area contributed by atoms with Crippen LogP contribution in [0, 0.1) is 12.3 Å². The van der Waals surface area contributed by atoms with E-state index in [4.69, 9.17) is 14.2 Å². The largest absolute Gasteiger partial charge is 0.484 e. The van der Waals surface area contributed by atoms with Crippen molar-refractivity contribution in [1.82, 2.24) is 20.5 Å². The summed E-state index contributed by atoms with van der Waals surface area (Å²) in [7, 11) is 1.57. The molecule has 2 bridgehead atoms. The Hall–Kier alpha value is -3.81. The van der Waals surface area contributed by atoms with Gasteiger partial charge < -0.3 is 29.7 Å². The van der Waals surface area contributed by atoms with E-state index in [2.05, 4.69) is 15.6 Å². The van der Waals surface area contributed by atoms with Gasteiger partial charge in [0.2, 0.25) is 5.91 Å². The Balaban J connectivity index is 1.52. The molecule has 1 unspecified atom stereocenters. The zero-order chi connectivity index (χ0) is 32.9. The summed E-state index contributed by atoms with van der Waals surface area (Å²) in [5, 5.41) is 8.74. The van der Waals surface area contributed by atoms with E-state index in [0.717, 1.165) is 21.1 Å². The van der Waals surface area contributed by atoms with Crippen molar-refractivity contribution in [3.8, 4) is 16.3 Å². The number of thiophene rings is 1. The highest BCUT2D eigenvalue weighted by atomic mass is 32.1. The summed E-state index contributed by atoms with van der Waals surface area (Å²) >= 11 is 2.94. The van der Waals surface area contributed by atoms with Gasteiger partial charge in [0, 0.05) is 51.7 Å². The molecule has 5 rings (SSSR count). The molecule has 0 saturated carbocycles. The van der Waals surface area contributed by atoms with Gasteiger partial charge in [0.1, 0.15) is 5.75 Å². The van der Waals surface area contributed by atoms with Gasteiger partial charge in [-0.3, -0.25) is 19.2 Å². The molecule has 0 radical (unpaired) electrons. The number of carbonyl (C=O) groups is 4. The number of carbonyl (C=O) groups excluding carboxylic acids is 4. The molecule has 3 aromatic rings. The molecule has 248 valence electrons. The fourth-order valence-electron chi connectivity index (χ4n) is 5.18. The van der Waals surface area contributed by atoms with Gasteiger partial charge in [-0.15, -0.1) is 22.7 Å². The SMILES string of the molecule is CCOC(=O)C1(CCOC)CNC(=O)CCCN(C(=O)c2ccc(-c3csc(C)n3)s2)CCCNC(=O)COc2ccc(cc2)C1. The first-order valence-electron chi connectivity index (χ1n) is 15.5. The molecular weight excluding hydrogens is 629 g/mol. The molecule has 2 aromatic heterocycles. The van der Waals surface area contributed by atoms with Gasteiger partial charge in [-0.25, -0.2) is 4.98 Å².